The standard InChI is InChI=1S/C11H16BNO5/c14-6-11(7-15,8-16)13-5-9-3-1-2-4-10(9)12(17)18/h1-5,14-18H,6-8H2. The van der Waals surface area contributed by atoms with Crippen LogP contribution in [0.5, 0.6) is 0 Å². The van der Waals surface area contributed by atoms with E-state index < -0.39 is 32.5 Å². The summed E-state index contributed by atoms with van der Waals surface area (Å²) in [7, 11) is -1.64. The Morgan fingerprint density at radius 1 is 1.06 bits per heavy atom. The van der Waals surface area contributed by atoms with Gasteiger partial charge in [0.05, 0.1) is 19.8 Å². The Hall–Kier alpha value is -1.25. The van der Waals surface area contributed by atoms with Gasteiger partial charge in [0.1, 0.15) is 5.54 Å². The number of hydrogen-bond donors (Lipinski definition) is 5. The number of hydrogen-bond acceptors (Lipinski definition) is 6. The average molecular weight is 253 g/mol. The van der Waals surface area contributed by atoms with Crippen molar-refractivity contribution in [3.63, 3.8) is 0 Å². The van der Waals surface area contributed by atoms with Crippen molar-refractivity contribution in [3.8, 4) is 0 Å². The van der Waals surface area contributed by atoms with Crippen LogP contribution in [0.4, 0.5) is 0 Å². The van der Waals surface area contributed by atoms with E-state index in [-0.39, 0.29) is 5.46 Å². The summed E-state index contributed by atoms with van der Waals surface area (Å²) in [5.74, 6) is 0. The summed E-state index contributed by atoms with van der Waals surface area (Å²) in [5.41, 5.74) is -0.677. The molecule has 0 spiro atoms. The fourth-order valence-electron chi connectivity index (χ4n) is 1.34. The SMILES string of the molecule is OCC(CO)(CO)N=Cc1ccccc1B(O)O. The molecule has 0 aliphatic rings. The lowest BCUT2D eigenvalue weighted by atomic mass is 9.77. The summed E-state index contributed by atoms with van der Waals surface area (Å²) in [6.07, 6.45) is 1.29. The molecule has 0 saturated carbocycles. The Morgan fingerprint density at radius 2 is 1.61 bits per heavy atom. The lowest BCUT2D eigenvalue weighted by molar-refractivity contribution is 0.0718. The molecular formula is C11H16BNO5. The van der Waals surface area contributed by atoms with E-state index in [1.54, 1.807) is 18.2 Å². The van der Waals surface area contributed by atoms with Crippen LogP contribution in [0.2, 0.25) is 0 Å². The second kappa shape index (κ2) is 6.62. The van der Waals surface area contributed by atoms with E-state index in [1.807, 2.05) is 0 Å². The van der Waals surface area contributed by atoms with Gasteiger partial charge in [0.25, 0.3) is 0 Å². The van der Waals surface area contributed by atoms with Gasteiger partial charge in [0.2, 0.25) is 0 Å². The van der Waals surface area contributed by atoms with Gasteiger partial charge in [-0.1, -0.05) is 24.3 Å². The summed E-state index contributed by atoms with van der Waals surface area (Å²) in [6.45, 7) is -1.54. The molecule has 7 heteroatoms. The number of aliphatic hydroxyl groups is 3. The highest BCUT2D eigenvalue weighted by atomic mass is 16.4. The van der Waals surface area contributed by atoms with Crippen molar-refractivity contribution in [3.05, 3.63) is 29.8 Å². The largest absolute Gasteiger partial charge is 0.489 e. The quantitative estimate of drug-likeness (QED) is 0.284. The molecule has 5 N–H and O–H groups in total. The zero-order valence-electron chi connectivity index (χ0n) is 9.77. The van der Waals surface area contributed by atoms with E-state index in [0.29, 0.717) is 5.56 Å². The predicted molar refractivity (Wildman–Crippen MR) is 67.9 cm³/mol. The zero-order chi connectivity index (χ0) is 13.6. The van der Waals surface area contributed by atoms with Crippen LogP contribution in [0.25, 0.3) is 0 Å². The summed E-state index contributed by atoms with van der Waals surface area (Å²) < 4.78 is 0. The topological polar surface area (TPSA) is 114 Å². The first-order valence-electron chi connectivity index (χ1n) is 5.41. The smallest absolute Gasteiger partial charge is 0.423 e. The Kier molecular flexibility index (Phi) is 5.45. The van der Waals surface area contributed by atoms with Crippen LogP contribution >= 0.6 is 0 Å². The molecule has 0 aromatic heterocycles. The van der Waals surface area contributed by atoms with Gasteiger partial charge in [-0.15, -0.1) is 0 Å². The molecule has 1 rings (SSSR count). The molecule has 0 aliphatic heterocycles. The third-order valence-corrected chi connectivity index (χ3v) is 2.63. The van der Waals surface area contributed by atoms with Crippen LogP contribution in [0.15, 0.2) is 29.3 Å². The third-order valence-electron chi connectivity index (χ3n) is 2.63. The first-order chi connectivity index (χ1) is 8.58. The molecule has 0 unspecified atom stereocenters. The molecule has 0 heterocycles. The summed E-state index contributed by atoms with van der Waals surface area (Å²) in [5, 5.41) is 45.6. The average Bonchev–Trinajstić information content (AvgIpc) is 2.41. The second-order valence-corrected chi connectivity index (χ2v) is 3.96. The van der Waals surface area contributed by atoms with Gasteiger partial charge >= 0.3 is 7.12 Å². The molecule has 0 fully saturated rings. The molecule has 0 amide bonds. The van der Waals surface area contributed by atoms with Crippen LogP contribution in [-0.4, -0.2) is 64.1 Å². The zero-order valence-corrected chi connectivity index (χ0v) is 9.77. The van der Waals surface area contributed by atoms with Crippen LogP contribution in [-0.2, 0) is 0 Å². The Bertz CT molecular complexity index is 398. The Morgan fingerprint density at radius 3 is 2.11 bits per heavy atom. The van der Waals surface area contributed by atoms with Crippen LogP contribution in [0.1, 0.15) is 5.56 Å². The minimum atomic E-state index is -1.64. The minimum absolute atomic E-state index is 0.254. The van der Waals surface area contributed by atoms with Gasteiger partial charge in [-0.2, -0.15) is 0 Å². The lowest BCUT2D eigenvalue weighted by Crippen LogP contribution is -2.40. The lowest BCUT2D eigenvalue weighted by Gasteiger charge is -2.22. The van der Waals surface area contributed by atoms with Crippen molar-refractivity contribution in [2.75, 3.05) is 19.8 Å². The Labute approximate surface area is 105 Å². The molecule has 0 radical (unpaired) electrons. The van der Waals surface area contributed by atoms with Gasteiger partial charge < -0.3 is 25.4 Å². The van der Waals surface area contributed by atoms with Crippen LogP contribution in [0.3, 0.4) is 0 Å². The number of nitrogens with zero attached hydrogens (tertiary/aromatic N) is 1. The fraction of sp³-hybridized carbons (Fsp3) is 0.364. The van der Waals surface area contributed by atoms with Gasteiger partial charge in [0, 0.05) is 6.21 Å². The summed E-state index contributed by atoms with van der Waals surface area (Å²) in [4.78, 5) is 3.93. The minimum Gasteiger partial charge on any atom is -0.423 e. The number of rotatable bonds is 6. The highest BCUT2D eigenvalue weighted by Gasteiger charge is 2.26. The van der Waals surface area contributed by atoms with Crippen molar-refractivity contribution in [1.82, 2.24) is 0 Å². The first-order valence-corrected chi connectivity index (χ1v) is 5.41. The van der Waals surface area contributed by atoms with Gasteiger partial charge in [0.15, 0.2) is 0 Å². The molecule has 1 aromatic carbocycles. The molecule has 98 valence electrons. The van der Waals surface area contributed by atoms with Crippen LogP contribution < -0.4 is 5.46 Å². The van der Waals surface area contributed by atoms with E-state index in [0.717, 1.165) is 0 Å². The summed E-state index contributed by atoms with van der Waals surface area (Å²) >= 11 is 0. The second-order valence-electron chi connectivity index (χ2n) is 3.96. The van der Waals surface area contributed by atoms with Crippen molar-refractivity contribution >= 4 is 18.8 Å². The van der Waals surface area contributed by atoms with Crippen molar-refractivity contribution < 1.29 is 25.4 Å². The molecule has 0 atom stereocenters. The number of benzene rings is 1. The fourth-order valence-corrected chi connectivity index (χ4v) is 1.34. The Balaban J connectivity index is 3.03. The van der Waals surface area contributed by atoms with E-state index >= 15 is 0 Å². The maximum Gasteiger partial charge on any atom is 0.489 e. The third kappa shape index (κ3) is 3.38. The van der Waals surface area contributed by atoms with E-state index in [4.69, 9.17) is 25.4 Å². The highest BCUT2D eigenvalue weighted by Crippen LogP contribution is 2.08. The maximum atomic E-state index is 9.15. The molecule has 0 bridgehead atoms. The van der Waals surface area contributed by atoms with Crippen molar-refractivity contribution in [1.29, 1.82) is 0 Å². The normalized spacial score (nSPS) is 12.1. The van der Waals surface area contributed by atoms with Gasteiger partial charge in [-0.25, -0.2) is 0 Å². The molecule has 0 aliphatic carbocycles. The van der Waals surface area contributed by atoms with E-state index in [1.165, 1.54) is 12.3 Å². The monoisotopic (exact) mass is 253 g/mol. The van der Waals surface area contributed by atoms with Crippen LogP contribution in [0, 0.1) is 0 Å². The highest BCUT2D eigenvalue weighted by molar-refractivity contribution is 6.60. The van der Waals surface area contributed by atoms with Crippen molar-refractivity contribution in [2.24, 2.45) is 4.99 Å². The molecule has 0 saturated heterocycles. The van der Waals surface area contributed by atoms with Gasteiger partial charge in [-0.05, 0) is 11.0 Å². The van der Waals surface area contributed by atoms with Crippen molar-refractivity contribution in [2.45, 2.75) is 5.54 Å². The summed E-state index contributed by atoms with van der Waals surface area (Å²) in [6, 6.07) is 6.45. The molecule has 6 nitrogen and oxygen atoms in total. The molecular weight excluding hydrogens is 237 g/mol. The maximum absolute atomic E-state index is 9.15. The van der Waals surface area contributed by atoms with E-state index in [2.05, 4.69) is 4.99 Å². The van der Waals surface area contributed by atoms with E-state index in [9.17, 15) is 0 Å². The predicted octanol–water partition coefficient (Wildman–Crippen LogP) is -2.50. The van der Waals surface area contributed by atoms with Gasteiger partial charge in [-0.3, -0.25) is 4.99 Å². The molecule has 1 aromatic rings. The number of aliphatic imine (C=N–C) groups is 1. The molecule has 18 heavy (non-hydrogen) atoms. The first kappa shape index (κ1) is 14.8. The number of aliphatic hydroxyl groups excluding tert-OH is 3.